The van der Waals surface area contributed by atoms with E-state index >= 15 is 0 Å². The van der Waals surface area contributed by atoms with Gasteiger partial charge in [0.2, 0.25) is 0 Å². The monoisotopic (exact) mass is 759 g/mol. The molecule has 5 aromatic rings. The van der Waals surface area contributed by atoms with Gasteiger partial charge in [0.05, 0.1) is 28.7 Å². The number of piperidine rings is 2. The average Bonchev–Trinajstić information content (AvgIpc) is 3.97. The van der Waals surface area contributed by atoms with E-state index in [0.717, 1.165) is 77.2 Å². The molecule has 5 aliphatic heterocycles. The van der Waals surface area contributed by atoms with E-state index in [9.17, 15) is 0 Å². The first-order valence-electron chi connectivity index (χ1n) is 20.1. The normalized spacial score (nSPS) is 19.4. The van der Waals surface area contributed by atoms with Gasteiger partial charge in [-0.25, -0.2) is 25.0 Å². The van der Waals surface area contributed by atoms with Crippen molar-refractivity contribution >= 4 is 63.4 Å². The maximum atomic E-state index is 6.04. The second-order valence-corrected chi connectivity index (χ2v) is 15.4. The summed E-state index contributed by atoms with van der Waals surface area (Å²) in [5.41, 5.74) is 9.19. The molecular formula is C45H45N9O3. The summed E-state index contributed by atoms with van der Waals surface area (Å²) < 4.78 is 17.5. The van der Waals surface area contributed by atoms with Crippen LogP contribution in [0.2, 0.25) is 0 Å². The highest BCUT2D eigenvalue weighted by atomic mass is 16.4. The molecule has 0 spiro atoms. The van der Waals surface area contributed by atoms with Crippen LogP contribution in [0.25, 0.3) is 5.70 Å². The van der Waals surface area contributed by atoms with Crippen molar-refractivity contribution in [3.63, 3.8) is 0 Å². The smallest absolute Gasteiger partial charge is 0.197 e. The van der Waals surface area contributed by atoms with Gasteiger partial charge in [0.1, 0.15) is 35.1 Å². The fourth-order valence-electron chi connectivity index (χ4n) is 8.36. The van der Waals surface area contributed by atoms with Crippen LogP contribution < -0.4 is 20.4 Å². The fourth-order valence-corrected chi connectivity index (χ4v) is 8.36. The Kier molecular flexibility index (Phi) is 9.16. The molecule has 12 heteroatoms. The second kappa shape index (κ2) is 14.9. The van der Waals surface area contributed by atoms with Gasteiger partial charge in [0.15, 0.2) is 24.0 Å². The summed E-state index contributed by atoms with van der Waals surface area (Å²) in [4.78, 5) is 30.0. The first-order chi connectivity index (χ1) is 28.0. The van der Waals surface area contributed by atoms with E-state index in [1.165, 1.54) is 56.3 Å². The van der Waals surface area contributed by atoms with Crippen LogP contribution in [0.4, 0.5) is 34.5 Å². The van der Waals surface area contributed by atoms with Crippen LogP contribution in [0.1, 0.15) is 73.3 Å². The lowest BCUT2D eigenvalue weighted by Crippen LogP contribution is -2.29. The van der Waals surface area contributed by atoms with Crippen LogP contribution in [-0.4, -0.2) is 54.4 Å². The van der Waals surface area contributed by atoms with Crippen molar-refractivity contribution < 1.29 is 13.3 Å². The Morgan fingerprint density at radius 3 is 1.84 bits per heavy atom. The predicted octanol–water partition coefficient (Wildman–Crippen LogP) is 9.99. The van der Waals surface area contributed by atoms with Crippen molar-refractivity contribution in [2.45, 2.75) is 58.8 Å². The highest BCUT2D eigenvalue weighted by Gasteiger charge is 2.34. The minimum absolute atomic E-state index is 0.272. The molecule has 0 amide bonds. The number of benzene rings is 2. The highest BCUT2D eigenvalue weighted by Crippen LogP contribution is 2.39. The lowest BCUT2D eigenvalue weighted by atomic mass is 9.96. The van der Waals surface area contributed by atoms with Gasteiger partial charge < -0.3 is 33.7 Å². The molecule has 2 fully saturated rings. The molecule has 2 bridgehead atoms. The van der Waals surface area contributed by atoms with Crippen LogP contribution in [0, 0.1) is 19.8 Å². The Morgan fingerprint density at radius 1 is 0.632 bits per heavy atom. The van der Waals surface area contributed by atoms with Gasteiger partial charge >= 0.3 is 0 Å². The molecule has 12 nitrogen and oxygen atoms in total. The highest BCUT2D eigenvalue weighted by molar-refractivity contribution is 6.27. The Bertz CT molecular complexity index is 2400. The SMILES string of the molecule is Cc1ccc(Nc2cc(N3CCCCC3)ccc2C2=CC3=CC(c4ccc(N5CCCCC5)cc4Nc4ccc(C)o4)=NC4=NC(c5cocn5)=NC(=N2)C4C3)o1. The van der Waals surface area contributed by atoms with Gasteiger partial charge in [-0.05, 0) is 125 Å². The number of allylic oxidation sites excluding steroid dienone is 3. The Balaban J connectivity index is 1.12. The van der Waals surface area contributed by atoms with E-state index in [1.807, 2.05) is 38.1 Å². The number of amidine groups is 3. The van der Waals surface area contributed by atoms with E-state index in [1.54, 1.807) is 6.26 Å². The third-order valence-electron chi connectivity index (χ3n) is 11.3. The number of hydrogen-bond donors (Lipinski definition) is 2. The molecule has 3 aromatic heterocycles. The molecule has 2 N–H and O–H groups in total. The van der Waals surface area contributed by atoms with E-state index in [4.69, 9.17) is 33.2 Å². The topological polar surface area (TPSA) is 132 Å². The number of aryl methyl sites for hydroxylation is 2. The number of anilines is 6. The van der Waals surface area contributed by atoms with Gasteiger partial charge in [0, 0.05) is 60.8 Å². The first-order valence-corrected chi connectivity index (χ1v) is 20.1. The molecule has 0 radical (unpaired) electrons. The van der Waals surface area contributed by atoms with Crippen molar-refractivity contribution in [3.8, 4) is 0 Å². The van der Waals surface area contributed by atoms with Crippen LogP contribution in [0.15, 0.2) is 124 Å². The number of aliphatic imine (C=N–C) groups is 4. The maximum Gasteiger partial charge on any atom is 0.197 e. The van der Waals surface area contributed by atoms with Crippen molar-refractivity contribution in [2.75, 3.05) is 46.6 Å². The van der Waals surface area contributed by atoms with E-state index < -0.39 is 0 Å². The predicted molar refractivity (Wildman–Crippen MR) is 227 cm³/mol. The summed E-state index contributed by atoms with van der Waals surface area (Å²) in [6.45, 7) is 8.06. The largest absolute Gasteiger partial charge is 0.451 e. The number of rotatable bonds is 9. The molecule has 10 rings (SSSR count). The fraction of sp³-hybridized carbons (Fsp3) is 0.311. The van der Waals surface area contributed by atoms with Gasteiger partial charge in [-0.15, -0.1) is 0 Å². The van der Waals surface area contributed by atoms with Gasteiger partial charge in [-0.3, -0.25) is 0 Å². The van der Waals surface area contributed by atoms with Crippen LogP contribution in [0.3, 0.4) is 0 Å². The number of furan rings is 2. The molecule has 1 unspecified atom stereocenters. The average molecular weight is 760 g/mol. The van der Waals surface area contributed by atoms with E-state index in [0.29, 0.717) is 41.4 Å². The van der Waals surface area contributed by atoms with Crippen molar-refractivity contribution in [3.05, 3.63) is 119 Å². The minimum Gasteiger partial charge on any atom is -0.451 e. The molecule has 2 saturated heterocycles. The minimum atomic E-state index is -0.272. The molecule has 0 aliphatic carbocycles. The standard InChI is InChI=1S/C45H45N9O3/c1-28-9-15-41(56-28)47-38-24-31(53-17-5-3-6-18-53)11-13-33(38)36-22-30-21-35-43(49-36)51-45(40-26-55-27-46-40)52-44(35)50-37(23-30)34-14-12-32(54-19-7-4-8-20-54)25-39(34)48-42-16-10-29(2)57-42/h9-16,22-27,35,47-48H,3-8,17-21H2,1-2H3. The maximum absolute atomic E-state index is 6.04. The number of oxazole rings is 1. The summed E-state index contributed by atoms with van der Waals surface area (Å²) >= 11 is 0. The Morgan fingerprint density at radius 2 is 1.25 bits per heavy atom. The van der Waals surface area contributed by atoms with E-state index in [-0.39, 0.29) is 5.92 Å². The van der Waals surface area contributed by atoms with Crippen LogP contribution in [-0.2, 0) is 0 Å². The number of aromatic nitrogens is 1. The zero-order valence-electron chi connectivity index (χ0n) is 32.3. The Labute approximate surface area is 331 Å². The lowest BCUT2D eigenvalue weighted by Gasteiger charge is -2.29. The molecule has 8 heterocycles. The number of fused-ring (bicyclic) bond motifs is 1. The van der Waals surface area contributed by atoms with Crippen molar-refractivity contribution in [1.29, 1.82) is 0 Å². The molecule has 2 aromatic carbocycles. The van der Waals surface area contributed by atoms with Crippen molar-refractivity contribution in [2.24, 2.45) is 25.9 Å². The Hall–Kier alpha value is -6.43. The quantitative estimate of drug-likeness (QED) is 0.152. The summed E-state index contributed by atoms with van der Waals surface area (Å²) in [7, 11) is 0. The lowest BCUT2D eigenvalue weighted by molar-refractivity contribution is 0.550. The van der Waals surface area contributed by atoms with Gasteiger partial charge in [0.25, 0.3) is 0 Å². The number of nitrogens with one attached hydrogen (secondary N) is 2. The third kappa shape index (κ3) is 7.23. The second-order valence-electron chi connectivity index (χ2n) is 15.4. The molecule has 0 saturated carbocycles. The van der Waals surface area contributed by atoms with Gasteiger partial charge in [-0.2, -0.15) is 0 Å². The number of nitrogens with zero attached hydrogens (tertiary/aromatic N) is 7. The van der Waals surface area contributed by atoms with E-state index in [2.05, 4.69) is 74.0 Å². The first kappa shape index (κ1) is 35.0. The van der Waals surface area contributed by atoms with Gasteiger partial charge in [-0.1, -0.05) is 0 Å². The zero-order chi connectivity index (χ0) is 38.3. The molecule has 57 heavy (non-hydrogen) atoms. The summed E-state index contributed by atoms with van der Waals surface area (Å²) in [5, 5.41) is 7.20. The molecule has 288 valence electrons. The van der Waals surface area contributed by atoms with Crippen molar-refractivity contribution in [1.82, 2.24) is 4.98 Å². The molecule has 5 aliphatic rings. The molecule has 1 atom stereocenters. The zero-order valence-corrected chi connectivity index (χ0v) is 32.3. The number of hydrogen-bond acceptors (Lipinski definition) is 12. The van der Waals surface area contributed by atoms with Crippen LogP contribution >= 0.6 is 0 Å². The van der Waals surface area contributed by atoms with Crippen LogP contribution in [0.5, 0.6) is 0 Å². The molecular weight excluding hydrogens is 715 g/mol. The summed E-state index contributed by atoms with van der Waals surface area (Å²) in [6, 6.07) is 21.1. The third-order valence-corrected chi connectivity index (χ3v) is 11.3. The summed E-state index contributed by atoms with van der Waals surface area (Å²) in [5.74, 6) is 4.42. The summed E-state index contributed by atoms with van der Waals surface area (Å²) in [6.07, 6.45) is 15.2.